The van der Waals surface area contributed by atoms with E-state index in [9.17, 15) is 9.59 Å². The van der Waals surface area contributed by atoms with E-state index in [0.29, 0.717) is 22.1 Å². The standard InChI is InChI=1S/C21H26N4O3S3/c1-6-8-25-18(14-9-12(3)29-10-14)23-24-21(25)30-11-16(26)22-19-17(20(27)28-5)15(7-2)13(4)31-19/h9-10H,6-8,11H2,1-5H3,(H,22,26). The van der Waals surface area contributed by atoms with Gasteiger partial charge in [0.25, 0.3) is 0 Å². The molecule has 0 spiro atoms. The van der Waals surface area contributed by atoms with E-state index in [4.69, 9.17) is 4.74 Å². The van der Waals surface area contributed by atoms with Crippen LogP contribution in [0.1, 0.15) is 45.9 Å². The zero-order chi connectivity index (χ0) is 22.5. The zero-order valence-electron chi connectivity index (χ0n) is 18.3. The first-order chi connectivity index (χ1) is 14.9. The molecular weight excluding hydrogens is 452 g/mol. The maximum absolute atomic E-state index is 12.7. The number of aromatic nitrogens is 3. The lowest BCUT2D eigenvalue weighted by atomic mass is 10.1. The SMILES string of the molecule is CCCn1c(SCC(=O)Nc2sc(C)c(CC)c2C(=O)OC)nnc1-c1csc(C)c1. The molecule has 0 atom stereocenters. The van der Waals surface area contributed by atoms with Gasteiger partial charge in [-0.05, 0) is 38.3 Å². The quantitative estimate of drug-likeness (QED) is 0.337. The van der Waals surface area contributed by atoms with Gasteiger partial charge in [0, 0.05) is 27.2 Å². The number of carbonyl (C=O) groups excluding carboxylic acids is 2. The third-order valence-corrected chi connectivity index (χ3v) is 7.58. The van der Waals surface area contributed by atoms with Gasteiger partial charge in [-0.25, -0.2) is 4.79 Å². The Balaban J connectivity index is 1.75. The molecule has 3 heterocycles. The van der Waals surface area contributed by atoms with E-state index in [1.54, 1.807) is 11.3 Å². The number of aryl methyl sites for hydroxylation is 2. The fourth-order valence-corrected chi connectivity index (χ4v) is 5.89. The topological polar surface area (TPSA) is 86.1 Å². The summed E-state index contributed by atoms with van der Waals surface area (Å²) in [5.74, 6) is 0.368. The van der Waals surface area contributed by atoms with Crippen LogP contribution in [0.3, 0.4) is 0 Å². The second kappa shape index (κ2) is 10.4. The second-order valence-electron chi connectivity index (χ2n) is 6.93. The molecule has 7 nitrogen and oxygen atoms in total. The number of thioether (sulfide) groups is 1. The van der Waals surface area contributed by atoms with Crippen LogP contribution >= 0.6 is 34.4 Å². The molecule has 0 unspecified atom stereocenters. The molecule has 31 heavy (non-hydrogen) atoms. The molecule has 0 radical (unpaired) electrons. The molecule has 10 heteroatoms. The number of rotatable bonds is 9. The average Bonchev–Trinajstić information content (AvgIpc) is 3.43. The van der Waals surface area contributed by atoms with Crippen LogP contribution in [0.5, 0.6) is 0 Å². The fourth-order valence-electron chi connectivity index (χ4n) is 3.30. The van der Waals surface area contributed by atoms with Gasteiger partial charge in [0.05, 0.1) is 18.4 Å². The Hall–Kier alpha value is -2.17. The van der Waals surface area contributed by atoms with Crippen molar-refractivity contribution in [2.24, 2.45) is 0 Å². The molecule has 0 aliphatic carbocycles. The van der Waals surface area contributed by atoms with Crippen LogP contribution in [-0.2, 0) is 22.5 Å². The lowest BCUT2D eigenvalue weighted by Gasteiger charge is -2.09. The van der Waals surface area contributed by atoms with Gasteiger partial charge < -0.3 is 14.6 Å². The minimum atomic E-state index is -0.428. The van der Waals surface area contributed by atoms with Crippen molar-refractivity contribution < 1.29 is 14.3 Å². The number of anilines is 1. The number of nitrogens with one attached hydrogen (secondary N) is 1. The van der Waals surface area contributed by atoms with Crippen LogP contribution in [0.2, 0.25) is 0 Å². The van der Waals surface area contributed by atoms with Crippen molar-refractivity contribution >= 4 is 51.3 Å². The van der Waals surface area contributed by atoms with Gasteiger partial charge in [-0.3, -0.25) is 4.79 Å². The van der Waals surface area contributed by atoms with Gasteiger partial charge in [-0.2, -0.15) is 0 Å². The summed E-state index contributed by atoms with van der Waals surface area (Å²) in [5, 5.41) is 14.9. The molecule has 0 saturated heterocycles. The summed E-state index contributed by atoms with van der Waals surface area (Å²) in [5.41, 5.74) is 2.41. The predicted octanol–water partition coefficient (Wildman–Crippen LogP) is 5.17. The molecule has 0 aliphatic rings. The minimum Gasteiger partial charge on any atom is -0.465 e. The highest BCUT2D eigenvalue weighted by Crippen LogP contribution is 2.34. The Morgan fingerprint density at radius 3 is 2.65 bits per heavy atom. The van der Waals surface area contributed by atoms with Gasteiger partial charge in [-0.1, -0.05) is 25.6 Å². The first-order valence-electron chi connectivity index (χ1n) is 10.0. The Morgan fingerprint density at radius 2 is 2.03 bits per heavy atom. The van der Waals surface area contributed by atoms with Crippen molar-refractivity contribution in [3.05, 3.63) is 32.3 Å². The van der Waals surface area contributed by atoms with Crippen molar-refractivity contribution in [1.82, 2.24) is 14.8 Å². The third kappa shape index (κ3) is 5.19. The van der Waals surface area contributed by atoms with Gasteiger partial charge >= 0.3 is 5.97 Å². The molecule has 0 bridgehead atoms. The fraction of sp³-hybridized carbons (Fsp3) is 0.429. The summed E-state index contributed by atoms with van der Waals surface area (Å²) in [6.07, 6.45) is 1.63. The van der Waals surface area contributed by atoms with E-state index in [-0.39, 0.29) is 11.7 Å². The number of thiophene rings is 2. The number of esters is 1. The smallest absolute Gasteiger partial charge is 0.341 e. The molecular formula is C21H26N4O3S3. The molecule has 0 aliphatic heterocycles. The molecule has 3 aromatic heterocycles. The van der Waals surface area contributed by atoms with E-state index < -0.39 is 5.97 Å². The first kappa shape index (κ1) is 23.5. The molecule has 1 amide bonds. The highest BCUT2D eigenvalue weighted by atomic mass is 32.2. The van der Waals surface area contributed by atoms with Crippen LogP contribution in [0.4, 0.5) is 5.00 Å². The number of methoxy groups -OCH3 is 1. The number of hydrogen-bond donors (Lipinski definition) is 1. The van der Waals surface area contributed by atoms with E-state index in [0.717, 1.165) is 34.8 Å². The average molecular weight is 479 g/mol. The molecule has 0 aromatic carbocycles. The van der Waals surface area contributed by atoms with Gasteiger partial charge in [0.1, 0.15) is 5.00 Å². The largest absolute Gasteiger partial charge is 0.465 e. The molecule has 0 saturated carbocycles. The van der Waals surface area contributed by atoms with Crippen molar-refractivity contribution in [3.8, 4) is 11.4 Å². The number of hydrogen-bond acceptors (Lipinski definition) is 8. The molecule has 0 fully saturated rings. The monoisotopic (exact) mass is 478 g/mol. The predicted molar refractivity (Wildman–Crippen MR) is 127 cm³/mol. The Labute approximate surface area is 194 Å². The van der Waals surface area contributed by atoms with Gasteiger partial charge in [0.15, 0.2) is 11.0 Å². The minimum absolute atomic E-state index is 0.170. The van der Waals surface area contributed by atoms with Crippen molar-refractivity contribution in [1.29, 1.82) is 0 Å². The third-order valence-electron chi connectivity index (χ3n) is 4.69. The van der Waals surface area contributed by atoms with E-state index in [2.05, 4.69) is 45.4 Å². The van der Waals surface area contributed by atoms with E-state index >= 15 is 0 Å². The van der Waals surface area contributed by atoms with Crippen LogP contribution in [0.25, 0.3) is 11.4 Å². The van der Waals surface area contributed by atoms with Crippen molar-refractivity contribution in [2.75, 3.05) is 18.2 Å². The normalized spacial score (nSPS) is 11.0. The van der Waals surface area contributed by atoms with E-state index in [1.807, 2.05) is 13.8 Å². The summed E-state index contributed by atoms with van der Waals surface area (Å²) in [4.78, 5) is 27.1. The van der Waals surface area contributed by atoms with E-state index in [1.165, 1.54) is 35.1 Å². The van der Waals surface area contributed by atoms with Crippen LogP contribution in [-0.4, -0.2) is 39.5 Å². The molecule has 166 valence electrons. The summed E-state index contributed by atoms with van der Waals surface area (Å²) < 4.78 is 6.98. The lowest BCUT2D eigenvalue weighted by Crippen LogP contribution is -2.16. The summed E-state index contributed by atoms with van der Waals surface area (Å²) in [7, 11) is 1.35. The number of nitrogens with zero attached hydrogens (tertiary/aromatic N) is 3. The molecule has 1 N–H and O–H groups in total. The summed E-state index contributed by atoms with van der Waals surface area (Å²) >= 11 is 4.42. The molecule has 3 aromatic rings. The number of amides is 1. The molecule has 3 rings (SSSR count). The highest BCUT2D eigenvalue weighted by molar-refractivity contribution is 7.99. The van der Waals surface area contributed by atoms with Crippen molar-refractivity contribution in [2.45, 2.75) is 52.2 Å². The van der Waals surface area contributed by atoms with Gasteiger partial charge in [0.2, 0.25) is 5.91 Å². The maximum Gasteiger partial charge on any atom is 0.341 e. The lowest BCUT2D eigenvalue weighted by molar-refractivity contribution is -0.113. The number of carbonyl (C=O) groups is 2. The summed E-state index contributed by atoms with van der Waals surface area (Å²) in [6.45, 7) is 8.87. The number of ether oxygens (including phenoxy) is 1. The zero-order valence-corrected chi connectivity index (χ0v) is 20.7. The van der Waals surface area contributed by atoms with Crippen LogP contribution in [0.15, 0.2) is 16.6 Å². The Morgan fingerprint density at radius 1 is 1.26 bits per heavy atom. The summed E-state index contributed by atoms with van der Waals surface area (Å²) in [6, 6.07) is 2.10. The van der Waals surface area contributed by atoms with Crippen LogP contribution < -0.4 is 5.32 Å². The maximum atomic E-state index is 12.7. The highest BCUT2D eigenvalue weighted by Gasteiger charge is 2.23. The second-order valence-corrected chi connectivity index (χ2v) is 10.2. The Bertz CT molecular complexity index is 1080. The van der Waals surface area contributed by atoms with Gasteiger partial charge in [-0.15, -0.1) is 32.9 Å². The Kier molecular flexibility index (Phi) is 7.90. The van der Waals surface area contributed by atoms with Crippen molar-refractivity contribution in [3.63, 3.8) is 0 Å². The van der Waals surface area contributed by atoms with Crippen LogP contribution in [0, 0.1) is 13.8 Å². The first-order valence-corrected chi connectivity index (χ1v) is 12.7.